The Morgan fingerprint density at radius 3 is 2.44 bits per heavy atom. The molecule has 27 heavy (non-hydrogen) atoms. The van der Waals surface area contributed by atoms with Gasteiger partial charge < -0.3 is 9.47 Å². The van der Waals surface area contributed by atoms with Crippen molar-refractivity contribution in [3.05, 3.63) is 82.6 Å². The summed E-state index contributed by atoms with van der Waals surface area (Å²) in [5, 5.41) is 4.28. The number of ether oxygens (including phenoxy) is 2. The van der Waals surface area contributed by atoms with E-state index in [1.54, 1.807) is 6.07 Å². The van der Waals surface area contributed by atoms with Crippen molar-refractivity contribution in [2.24, 2.45) is 0 Å². The first-order valence-electron chi connectivity index (χ1n) is 8.66. The number of carbonyl (C=O) groups excluding carboxylic acids is 1. The Morgan fingerprint density at radius 2 is 1.74 bits per heavy atom. The zero-order chi connectivity index (χ0) is 19.1. The van der Waals surface area contributed by atoms with E-state index < -0.39 is 5.97 Å². The van der Waals surface area contributed by atoms with E-state index in [4.69, 9.17) is 9.47 Å². The summed E-state index contributed by atoms with van der Waals surface area (Å²) in [7, 11) is 0. The molecule has 0 N–H and O–H groups in total. The molecule has 0 spiro atoms. The Hall–Kier alpha value is -3.41. The molecule has 0 aliphatic carbocycles. The maximum Gasteiger partial charge on any atom is 0.328 e. The van der Waals surface area contributed by atoms with Crippen LogP contribution in [-0.2, 0) is 22.7 Å². The molecule has 2 aromatic carbocycles. The smallest absolute Gasteiger partial charge is 0.328 e. The second-order valence-electron chi connectivity index (χ2n) is 5.82. The summed E-state index contributed by atoms with van der Waals surface area (Å²) in [5.41, 5.74) is 1.94. The molecule has 3 aromatic rings. The lowest BCUT2D eigenvalue weighted by Gasteiger charge is -2.09. The van der Waals surface area contributed by atoms with E-state index in [0.717, 1.165) is 21.6 Å². The van der Waals surface area contributed by atoms with Crippen molar-refractivity contribution in [3.63, 3.8) is 0 Å². The quantitative estimate of drug-likeness (QED) is 0.603. The van der Waals surface area contributed by atoms with E-state index in [9.17, 15) is 9.59 Å². The van der Waals surface area contributed by atoms with Gasteiger partial charge in [0.15, 0.2) is 0 Å². The number of esters is 1. The van der Waals surface area contributed by atoms with E-state index in [1.807, 2.05) is 61.5 Å². The van der Waals surface area contributed by atoms with Crippen molar-refractivity contribution >= 4 is 5.97 Å². The predicted molar refractivity (Wildman–Crippen MR) is 101 cm³/mol. The third kappa shape index (κ3) is 5.04. The van der Waals surface area contributed by atoms with Crippen molar-refractivity contribution in [1.82, 2.24) is 9.78 Å². The molecule has 0 saturated heterocycles. The molecule has 0 aliphatic heterocycles. The molecule has 0 aliphatic rings. The molecule has 138 valence electrons. The first-order valence-corrected chi connectivity index (χ1v) is 8.66. The number of nitrogens with zero attached hydrogens (tertiary/aromatic N) is 2. The Kier molecular flexibility index (Phi) is 5.99. The molecule has 0 unspecified atom stereocenters. The highest BCUT2D eigenvalue weighted by Gasteiger charge is 2.09. The summed E-state index contributed by atoms with van der Waals surface area (Å²) < 4.78 is 11.7. The molecule has 0 atom stereocenters. The van der Waals surface area contributed by atoms with Gasteiger partial charge in [-0.25, -0.2) is 4.68 Å². The molecule has 6 heteroatoms. The standard InChI is InChI=1S/C21H20N2O4/c1-2-26-18-10-8-17(9-11-18)19-12-13-20(24)23(22-19)14-21(25)27-15-16-6-4-3-5-7-16/h3-13H,2,14-15H2,1H3. The number of hydrogen-bond acceptors (Lipinski definition) is 5. The minimum atomic E-state index is -0.516. The average Bonchev–Trinajstić information content (AvgIpc) is 2.70. The normalized spacial score (nSPS) is 10.4. The molecule has 0 radical (unpaired) electrons. The summed E-state index contributed by atoms with van der Waals surface area (Å²) in [6.07, 6.45) is 0. The fraction of sp³-hybridized carbons (Fsp3) is 0.190. The van der Waals surface area contributed by atoms with Crippen LogP contribution in [0.4, 0.5) is 0 Å². The summed E-state index contributed by atoms with van der Waals surface area (Å²) in [6, 6.07) is 19.8. The van der Waals surface area contributed by atoms with Crippen molar-refractivity contribution in [2.75, 3.05) is 6.61 Å². The fourth-order valence-electron chi connectivity index (χ4n) is 2.51. The van der Waals surface area contributed by atoms with E-state index >= 15 is 0 Å². The van der Waals surface area contributed by atoms with E-state index in [1.165, 1.54) is 6.07 Å². The summed E-state index contributed by atoms with van der Waals surface area (Å²) >= 11 is 0. The van der Waals surface area contributed by atoms with Gasteiger partial charge in [0, 0.05) is 11.6 Å². The van der Waals surface area contributed by atoms with Gasteiger partial charge in [0.05, 0.1) is 12.3 Å². The molecule has 0 saturated carbocycles. The zero-order valence-corrected chi connectivity index (χ0v) is 15.0. The van der Waals surface area contributed by atoms with Crippen molar-refractivity contribution in [1.29, 1.82) is 0 Å². The number of rotatable bonds is 7. The lowest BCUT2D eigenvalue weighted by atomic mass is 10.1. The SMILES string of the molecule is CCOc1ccc(-c2ccc(=O)n(CC(=O)OCc3ccccc3)n2)cc1. The number of hydrogen-bond donors (Lipinski definition) is 0. The van der Waals surface area contributed by atoms with E-state index in [2.05, 4.69) is 5.10 Å². The third-order valence-electron chi connectivity index (χ3n) is 3.85. The van der Waals surface area contributed by atoms with E-state index in [-0.39, 0.29) is 18.7 Å². The van der Waals surface area contributed by atoms with Gasteiger partial charge in [0.25, 0.3) is 5.56 Å². The molecule has 0 fully saturated rings. The Labute approximate surface area is 157 Å². The highest BCUT2D eigenvalue weighted by molar-refractivity contribution is 5.69. The van der Waals surface area contributed by atoms with Gasteiger partial charge in [-0.3, -0.25) is 9.59 Å². The zero-order valence-electron chi connectivity index (χ0n) is 15.0. The lowest BCUT2D eigenvalue weighted by molar-refractivity contribution is -0.146. The molecular weight excluding hydrogens is 344 g/mol. The van der Waals surface area contributed by atoms with Gasteiger partial charge in [0.1, 0.15) is 18.9 Å². The van der Waals surface area contributed by atoms with Crippen LogP contribution >= 0.6 is 0 Å². The van der Waals surface area contributed by atoms with Crippen LogP contribution in [0.15, 0.2) is 71.5 Å². The first-order chi connectivity index (χ1) is 13.2. The highest BCUT2D eigenvalue weighted by Crippen LogP contribution is 2.19. The number of benzene rings is 2. The average molecular weight is 364 g/mol. The minimum absolute atomic E-state index is 0.160. The van der Waals surface area contributed by atoms with Gasteiger partial charge in [-0.2, -0.15) is 5.10 Å². The van der Waals surface area contributed by atoms with Crippen molar-refractivity contribution in [3.8, 4) is 17.0 Å². The second kappa shape index (κ2) is 8.80. The number of aromatic nitrogens is 2. The van der Waals surface area contributed by atoms with Crippen molar-refractivity contribution in [2.45, 2.75) is 20.1 Å². The second-order valence-corrected chi connectivity index (χ2v) is 5.82. The minimum Gasteiger partial charge on any atom is -0.494 e. The molecule has 1 aromatic heterocycles. The molecule has 3 rings (SSSR count). The highest BCUT2D eigenvalue weighted by atomic mass is 16.5. The lowest BCUT2D eigenvalue weighted by Crippen LogP contribution is -2.27. The van der Waals surface area contributed by atoms with Gasteiger partial charge in [-0.1, -0.05) is 30.3 Å². The first kappa shape index (κ1) is 18.4. The fourth-order valence-corrected chi connectivity index (χ4v) is 2.51. The third-order valence-corrected chi connectivity index (χ3v) is 3.85. The molecule has 0 amide bonds. The summed E-state index contributed by atoms with van der Waals surface area (Å²) in [5.74, 6) is 0.247. The van der Waals surface area contributed by atoms with Crippen LogP contribution in [0.1, 0.15) is 12.5 Å². The number of carbonyl (C=O) groups is 1. The van der Waals surface area contributed by atoms with Crippen LogP contribution < -0.4 is 10.3 Å². The van der Waals surface area contributed by atoms with Crippen LogP contribution in [0.25, 0.3) is 11.3 Å². The van der Waals surface area contributed by atoms with Crippen molar-refractivity contribution < 1.29 is 14.3 Å². The molecule has 1 heterocycles. The molecule has 0 bridgehead atoms. The monoisotopic (exact) mass is 364 g/mol. The van der Waals surface area contributed by atoms with Crippen LogP contribution in [0, 0.1) is 0 Å². The topological polar surface area (TPSA) is 70.4 Å². The molecule has 6 nitrogen and oxygen atoms in total. The van der Waals surface area contributed by atoms with Crippen LogP contribution in [-0.4, -0.2) is 22.4 Å². The van der Waals surface area contributed by atoms with Gasteiger partial charge >= 0.3 is 5.97 Å². The van der Waals surface area contributed by atoms with Crippen LogP contribution in [0.3, 0.4) is 0 Å². The van der Waals surface area contributed by atoms with Gasteiger partial charge in [0.2, 0.25) is 0 Å². The summed E-state index contributed by atoms with van der Waals surface area (Å²) in [6.45, 7) is 2.43. The Balaban J connectivity index is 1.69. The Morgan fingerprint density at radius 1 is 1.00 bits per heavy atom. The Bertz CT molecular complexity index is 950. The van der Waals surface area contributed by atoms with Gasteiger partial charge in [-0.05, 0) is 42.8 Å². The molecular formula is C21H20N2O4. The summed E-state index contributed by atoms with van der Waals surface area (Å²) in [4.78, 5) is 24.1. The maximum absolute atomic E-state index is 12.1. The predicted octanol–water partition coefficient (Wildman–Crippen LogP) is 3.05. The maximum atomic E-state index is 12.1. The largest absolute Gasteiger partial charge is 0.494 e. The van der Waals surface area contributed by atoms with E-state index in [0.29, 0.717) is 12.3 Å². The van der Waals surface area contributed by atoms with Crippen LogP contribution in [0.5, 0.6) is 5.75 Å². The van der Waals surface area contributed by atoms with Gasteiger partial charge in [-0.15, -0.1) is 0 Å². The van der Waals surface area contributed by atoms with Crippen LogP contribution in [0.2, 0.25) is 0 Å².